The van der Waals surface area contributed by atoms with Crippen LogP contribution < -0.4 is 16.1 Å². The van der Waals surface area contributed by atoms with Gasteiger partial charge in [0.1, 0.15) is 13.2 Å². The van der Waals surface area contributed by atoms with E-state index in [-0.39, 0.29) is 0 Å². The van der Waals surface area contributed by atoms with Gasteiger partial charge in [-0.15, -0.1) is 11.8 Å². The molecule has 0 spiro atoms. The van der Waals surface area contributed by atoms with Crippen molar-refractivity contribution in [1.29, 1.82) is 0 Å². The van der Waals surface area contributed by atoms with Crippen molar-refractivity contribution in [3.63, 3.8) is 0 Å². The van der Waals surface area contributed by atoms with Crippen LogP contribution in [-0.2, 0) is 9.57 Å². The monoisotopic (exact) mass is 1320 g/mol. The van der Waals surface area contributed by atoms with E-state index >= 15 is 0 Å². The number of aliphatic imine (C=N–C) groups is 4. The number of thioether (sulfide) groups is 1. The summed E-state index contributed by atoms with van der Waals surface area (Å²) in [4.78, 5) is 20.0. The second-order valence-electron chi connectivity index (χ2n) is 7.96. The molecule has 0 aromatic carbocycles. The zero-order valence-corrected chi connectivity index (χ0v) is 73.1. The van der Waals surface area contributed by atoms with Crippen LogP contribution in [0.2, 0.25) is 0 Å². The molecule has 8 rings (SSSR count). The molecular weight excluding hydrogens is 1130 g/mol. The van der Waals surface area contributed by atoms with Crippen LogP contribution in [0.15, 0.2) is 46.9 Å². The van der Waals surface area contributed by atoms with Gasteiger partial charge in [-0.1, -0.05) is 344 Å². The van der Waals surface area contributed by atoms with Crippen molar-refractivity contribution in [3.8, 4) is 0 Å². The van der Waals surface area contributed by atoms with Crippen LogP contribution in [0.25, 0.3) is 0 Å². The van der Waals surface area contributed by atoms with Crippen LogP contribution in [0.1, 0.15) is 371 Å². The molecule has 8 heterocycles. The summed E-state index contributed by atoms with van der Waals surface area (Å²) in [6.45, 7) is 105. The highest BCUT2D eigenvalue weighted by Gasteiger charge is 1.89. The van der Waals surface area contributed by atoms with Gasteiger partial charge in [-0.05, 0) is 50.0 Å². The van der Waals surface area contributed by atoms with Crippen LogP contribution >= 0.6 is 23.7 Å². The first-order valence-corrected chi connectivity index (χ1v) is 39.8. The maximum absolute atomic E-state index is 4.65. The second-order valence-corrected chi connectivity index (χ2v) is 9.79. The fourth-order valence-electron chi connectivity index (χ4n) is 2.57. The van der Waals surface area contributed by atoms with E-state index < -0.39 is 0 Å². The molecule has 8 aliphatic rings. The standard InChI is InChI=1S/2C4H7N.2C3H6N2.2C3H5NO.2C3H5NS.24C2H6/c2*1-2-4-5-3-1;1-2-5-3-4-1;1-2-4-5-3-1;1-2-5-3-4-1;1-2-4-5-3-1;1-2-5-3-4-1;1-2-4-5-3-1;24*1-2/h3H,1-2,4H2;1,3,5H,2,4H2;3H,1-2H2,(H,4,5);2,5H,1,3H2;3H,1-2H2;2H,1,3H2;3H,1-2H2;2H,1,3H2;24*1-2H3. The summed E-state index contributed by atoms with van der Waals surface area (Å²) in [5.41, 5.74) is 4.69. The van der Waals surface area contributed by atoms with Crippen molar-refractivity contribution in [2.24, 2.45) is 34.6 Å². The molecule has 0 atom stereocenters. The first-order valence-electron chi connectivity index (χ1n) is 37.8. The maximum Gasteiger partial charge on any atom is 0.169 e. The van der Waals surface area contributed by atoms with E-state index in [1.165, 1.54) is 43.6 Å². The Bertz CT molecular complexity index is 568. The van der Waals surface area contributed by atoms with Crippen molar-refractivity contribution in [2.75, 3.05) is 70.5 Å². The van der Waals surface area contributed by atoms with Gasteiger partial charge in [-0.2, -0.15) is 5.10 Å². The van der Waals surface area contributed by atoms with E-state index in [0.29, 0.717) is 0 Å². The van der Waals surface area contributed by atoms with Crippen molar-refractivity contribution in [2.45, 2.75) is 371 Å². The molecule has 0 saturated carbocycles. The van der Waals surface area contributed by atoms with Gasteiger partial charge >= 0.3 is 0 Å². The molecule has 12 nitrogen and oxygen atoms in total. The van der Waals surface area contributed by atoms with E-state index in [1.54, 1.807) is 36.3 Å². The number of ether oxygens (including phenoxy) is 1. The van der Waals surface area contributed by atoms with Gasteiger partial charge in [0.2, 0.25) is 0 Å². The first kappa shape index (κ1) is 161. The predicted molar refractivity (Wildman–Crippen MR) is 449 cm³/mol. The minimum atomic E-state index is 0.778. The van der Waals surface area contributed by atoms with Crippen molar-refractivity contribution in [1.82, 2.24) is 16.1 Å². The summed E-state index contributed by atoms with van der Waals surface area (Å²) in [6, 6.07) is 0. The Kier molecular flexibility index (Phi) is 773. The van der Waals surface area contributed by atoms with Crippen LogP contribution in [0.3, 0.4) is 0 Å². The minimum Gasteiger partial charge on any atom is -0.482 e. The summed E-state index contributed by atoms with van der Waals surface area (Å²) in [7, 11) is 0. The Morgan fingerprint density at radius 1 is 0.341 bits per heavy atom. The highest BCUT2D eigenvalue weighted by Crippen LogP contribution is 2.07. The van der Waals surface area contributed by atoms with Crippen LogP contribution in [0.5, 0.6) is 0 Å². The number of nitrogens with one attached hydrogen (secondary N) is 3. The zero-order chi connectivity index (χ0) is 76.3. The number of nitrogens with zero attached hydrogens (tertiary/aromatic N) is 7. The normalized spacial score (nSPS) is 10.6. The summed E-state index contributed by atoms with van der Waals surface area (Å²) < 4.78 is 8.53. The van der Waals surface area contributed by atoms with E-state index in [9.17, 15) is 0 Å². The average Bonchev–Trinajstić information content (AvgIpc) is 4.53. The molecule has 3 N–H and O–H groups in total. The van der Waals surface area contributed by atoms with Crippen molar-refractivity contribution < 1.29 is 9.57 Å². The molecule has 8 aliphatic heterocycles. The third-order valence-corrected chi connectivity index (χ3v) is 5.96. The molecule has 560 valence electrons. The SMILES string of the molecule is C1=CNCC1.C1=NCCC1.C1=NCCN1.C1=NCCO1.C1=NCCS1.C1=NNCC1.C1=NOCC1.C1=NSCC1.CC.CC.CC.CC.CC.CC.CC.CC.CC.CC.CC.CC.CC.CC.CC.CC.CC.CC.CC.CC.CC.CC.CC.CC. The molecule has 0 saturated heterocycles. The molecule has 0 bridgehead atoms. The Morgan fingerprint density at radius 2 is 0.795 bits per heavy atom. The molecule has 88 heavy (non-hydrogen) atoms. The Labute approximate surface area is 577 Å². The third kappa shape index (κ3) is 407. The fourth-order valence-corrected chi connectivity index (χ4v) is 3.63. The molecule has 0 aromatic rings. The van der Waals surface area contributed by atoms with Gasteiger partial charge in [0.25, 0.3) is 0 Å². The average molecular weight is 1320 g/mol. The third-order valence-electron chi connectivity index (χ3n) is 4.53. The molecule has 0 aliphatic carbocycles. The lowest BCUT2D eigenvalue weighted by Crippen LogP contribution is -2.04. The number of hydrogen-bond donors (Lipinski definition) is 3. The highest BCUT2D eigenvalue weighted by molar-refractivity contribution is 8.12. The van der Waals surface area contributed by atoms with Gasteiger partial charge in [-0.25, -0.2) is 4.40 Å². The van der Waals surface area contributed by atoms with E-state index in [4.69, 9.17) is 0 Å². The van der Waals surface area contributed by atoms with Crippen LogP contribution in [0.4, 0.5) is 0 Å². The lowest BCUT2D eigenvalue weighted by molar-refractivity contribution is 0.174. The molecule has 14 heteroatoms. The lowest BCUT2D eigenvalue weighted by atomic mass is 10.4. The highest BCUT2D eigenvalue weighted by atomic mass is 32.2. The summed E-state index contributed by atoms with van der Waals surface area (Å²) in [6.07, 6.45) is 21.9. The Balaban J connectivity index is -0.0000000221. The zero-order valence-electron chi connectivity index (χ0n) is 71.5. The largest absolute Gasteiger partial charge is 0.482 e. The van der Waals surface area contributed by atoms with Gasteiger partial charge in [0.05, 0.1) is 25.0 Å². The van der Waals surface area contributed by atoms with Gasteiger partial charge in [0.15, 0.2) is 6.40 Å². The molecule has 0 aromatic heterocycles. The van der Waals surface area contributed by atoms with Gasteiger partial charge < -0.3 is 25.6 Å². The molecule has 0 fully saturated rings. The quantitative estimate of drug-likeness (QED) is 0.205. The van der Waals surface area contributed by atoms with Crippen LogP contribution in [-0.4, -0.2) is 114 Å². The molecule has 0 amide bonds. The fraction of sp³-hybridized carbons (Fsp3) is 0.878. The maximum atomic E-state index is 4.65. The van der Waals surface area contributed by atoms with E-state index in [0.717, 1.165) is 71.9 Å². The molecular formula is C74H190N10O2S2. The lowest BCUT2D eigenvalue weighted by Gasteiger charge is -1.78. The summed E-state index contributed by atoms with van der Waals surface area (Å²) in [5.74, 6) is 2.39. The minimum absolute atomic E-state index is 0.778. The molecule has 0 radical (unpaired) electrons. The topological polar surface area (TPSA) is 141 Å². The second kappa shape index (κ2) is 422. The van der Waals surface area contributed by atoms with Crippen molar-refractivity contribution >= 4 is 66.9 Å². The summed E-state index contributed by atoms with van der Waals surface area (Å²) in [5, 5.41) is 13.1. The summed E-state index contributed by atoms with van der Waals surface area (Å²) >= 11 is 3.43. The Morgan fingerprint density at radius 3 is 0.886 bits per heavy atom. The number of hydrazone groups is 1. The molecule has 0 unspecified atom stereocenters. The van der Waals surface area contributed by atoms with Gasteiger partial charge in [-0.3, -0.25) is 20.0 Å². The number of oxime groups is 1. The number of rotatable bonds is 0. The number of hydrogen-bond acceptors (Lipinski definition) is 14. The smallest absolute Gasteiger partial charge is 0.169 e. The van der Waals surface area contributed by atoms with E-state index in [2.05, 4.69) is 66.3 Å². The van der Waals surface area contributed by atoms with Crippen LogP contribution in [0, 0.1) is 0 Å². The van der Waals surface area contributed by atoms with Crippen molar-refractivity contribution in [3.05, 3.63) is 12.3 Å². The Hall–Kier alpha value is -2.87. The van der Waals surface area contributed by atoms with E-state index in [1.807, 2.05) is 363 Å². The first-order chi connectivity index (χ1) is 44.0. The predicted octanol–water partition coefficient (Wildman–Crippen LogP) is 27.9. The van der Waals surface area contributed by atoms with Gasteiger partial charge in [0, 0.05) is 75.7 Å².